The molecule has 0 bridgehead atoms. The molecule has 0 saturated heterocycles. The van der Waals surface area contributed by atoms with Gasteiger partial charge in [0, 0.05) is 12.1 Å². The zero-order chi connectivity index (χ0) is 20.7. The molecule has 0 spiro atoms. The van der Waals surface area contributed by atoms with E-state index in [4.69, 9.17) is 4.74 Å². The van der Waals surface area contributed by atoms with Crippen LogP contribution in [0, 0.1) is 0 Å². The molecule has 8 nitrogen and oxygen atoms in total. The summed E-state index contributed by atoms with van der Waals surface area (Å²) >= 11 is 0. The molecule has 28 heavy (non-hydrogen) atoms. The molecule has 2 aromatic carbocycles. The van der Waals surface area contributed by atoms with Crippen LogP contribution in [0.15, 0.2) is 53.4 Å². The average Bonchev–Trinajstić information content (AvgIpc) is 2.72. The van der Waals surface area contributed by atoms with Gasteiger partial charge in [-0.2, -0.15) is 0 Å². The first-order chi connectivity index (χ1) is 13.3. The van der Waals surface area contributed by atoms with Crippen molar-refractivity contribution < 1.29 is 22.7 Å². The van der Waals surface area contributed by atoms with E-state index < -0.39 is 10.0 Å². The summed E-state index contributed by atoms with van der Waals surface area (Å²) < 4.78 is 31.0. The lowest BCUT2D eigenvalue weighted by molar-refractivity contribution is -0.116. The molecule has 0 saturated carbocycles. The smallest absolute Gasteiger partial charge is 0.254 e. The number of benzene rings is 2. The predicted octanol–water partition coefficient (Wildman–Crippen LogP) is 1.70. The van der Waals surface area contributed by atoms with E-state index in [1.807, 2.05) is 0 Å². The number of carbonyl (C=O) groups excluding carboxylic acids is 2. The quantitative estimate of drug-likeness (QED) is 0.696. The third-order valence-electron chi connectivity index (χ3n) is 4.06. The lowest BCUT2D eigenvalue weighted by Crippen LogP contribution is -2.37. The maximum absolute atomic E-state index is 12.7. The van der Waals surface area contributed by atoms with Crippen molar-refractivity contribution in [3.63, 3.8) is 0 Å². The van der Waals surface area contributed by atoms with E-state index in [0.29, 0.717) is 23.5 Å². The van der Waals surface area contributed by atoms with E-state index in [1.165, 1.54) is 43.3 Å². The van der Waals surface area contributed by atoms with Crippen LogP contribution < -0.4 is 14.8 Å². The van der Waals surface area contributed by atoms with Crippen molar-refractivity contribution in [3.05, 3.63) is 54.1 Å². The second kappa shape index (κ2) is 9.34. The molecule has 2 aromatic rings. The van der Waals surface area contributed by atoms with Gasteiger partial charge in [0.05, 0.1) is 17.7 Å². The van der Waals surface area contributed by atoms with Crippen LogP contribution in [0.4, 0.5) is 5.69 Å². The van der Waals surface area contributed by atoms with E-state index in [1.54, 1.807) is 31.2 Å². The first-order valence-corrected chi connectivity index (χ1v) is 10.1. The van der Waals surface area contributed by atoms with Gasteiger partial charge in [0.15, 0.2) is 0 Å². The standard InChI is InChI=1S/C19H23N3O5S/c1-4-22(13-18(23)21-16-7-5-6-8-17(16)27-3)19(24)14-9-11-15(12-10-14)28(25,26)20-2/h5-12,20H,4,13H2,1-3H3,(H,21,23). The van der Waals surface area contributed by atoms with Gasteiger partial charge in [0.2, 0.25) is 15.9 Å². The monoisotopic (exact) mass is 405 g/mol. The minimum absolute atomic E-state index is 0.0588. The Morgan fingerprint density at radius 1 is 1.07 bits per heavy atom. The second-order valence-electron chi connectivity index (χ2n) is 5.80. The predicted molar refractivity (Wildman–Crippen MR) is 106 cm³/mol. The van der Waals surface area contributed by atoms with Crippen molar-refractivity contribution in [1.29, 1.82) is 0 Å². The number of nitrogens with zero attached hydrogens (tertiary/aromatic N) is 1. The maximum atomic E-state index is 12.7. The van der Waals surface area contributed by atoms with Gasteiger partial charge in [-0.1, -0.05) is 12.1 Å². The number of methoxy groups -OCH3 is 1. The number of sulfonamides is 1. The summed E-state index contributed by atoms with van der Waals surface area (Å²) in [4.78, 5) is 26.5. The molecule has 0 radical (unpaired) electrons. The molecule has 0 aliphatic carbocycles. The third kappa shape index (κ3) is 5.08. The molecule has 2 N–H and O–H groups in total. The highest BCUT2D eigenvalue weighted by Gasteiger charge is 2.19. The topological polar surface area (TPSA) is 105 Å². The van der Waals surface area contributed by atoms with E-state index in [-0.39, 0.29) is 23.3 Å². The fourth-order valence-electron chi connectivity index (χ4n) is 2.52. The Morgan fingerprint density at radius 3 is 2.29 bits per heavy atom. The molecule has 9 heteroatoms. The SMILES string of the molecule is CCN(CC(=O)Nc1ccccc1OC)C(=O)c1ccc(S(=O)(=O)NC)cc1. The maximum Gasteiger partial charge on any atom is 0.254 e. The molecule has 0 unspecified atom stereocenters. The summed E-state index contributed by atoms with van der Waals surface area (Å²) in [6, 6.07) is 12.5. The largest absolute Gasteiger partial charge is 0.495 e. The number of carbonyl (C=O) groups is 2. The van der Waals surface area contributed by atoms with Gasteiger partial charge in [-0.3, -0.25) is 9.59 Å². The Bertz CT molecular complexity index is 942. The number of rotatable bonds is 8. The fourth-order valence-corrected chi connectivity index (χ4v) is 3.25. The zero-order valence-corrected chi connectivity index (χ0v) is 16.7. The Labute approximate surface area is 164 Å². The molecule has 0 atom stereocenters. The number of nitrogens with one attached hydrogen (secondary N) is 2. The van der Waals surface area contributed by atoms with Gasteiger partial charge in [-0.15, -0.1) is 0 Å². The molecule has 2 amide bonds. The highest BCUT2D eigenvalue weighted by molar-refractivity contribution is 7.89. The van der Waals surface area contributed by atoms with Crippen LogP contribution in [0.2, 0.25) is 0 Å². The minimum Gasteiger partial charge on any atom is -0.495 e. The van der Waals surface area contributed by atoms with Crippen molar-refractivity contribution in [1.82, 2.24) is 9.62 Å². The molecule has 0 aliphatic rings. The summed E-state index contributed by atoms with van der Waals surface area (Å²) in [7, 11) is -0.760. The van der Waals surface area contributed by atoms with Crippen molar-refractivity contribution in [3.8, 4) is 5.75 Å². The van der Waals surface area contributed by atoms with E-state index in [9.17, 15) is 18.0 Å². The summed E-state index contributed by atoms with van der Waals surface area (Å²) in [5, 5.41) is 2.72. The van der Waals surface area contributed by atoms with Gasteiger partial charge in [-0.25, -0.2) is 13.1 Å². The molecule has 2 rings (SSSR count). The van der Waals surface area contributed by atoms with Crippen LogP contribution in [0.3, 0.4) is 0 Å². The van der Waals surface area contributed by atoms with Gasteiger partial charge in [0.1, 0.15) is 12.3 Å². The van der Waals surface area contributed by atoms with Gasteiger partial charge >= 0.3 is 0 Å². The van der Waals surface area contributed by atoms with Crippen LogP contribution in [0.5, 0.6) is 5.75 Å². The lowest BCUT2D eigenvalue weighted by atomic mass is 10.2. The number of ether oxygens (including phenoxy) is 1. The number of para-hydroxylation sites is 2. The Kier molecular flexibility index (Phi) is 7.13. The number of amides is 2. The van der Waals surface area contributed by atoms with Crippen LogP contribution in [-0.2, 0) is 14.8 Å². The van der Waals surface area contributed by atoms with Crippen LogP contribution in [0.25, 0.3) is 0 Å². The molecule has 0 heterocycles. The summed E-state index contributed by atoms with van der Waals surface area (Å²) in [5.74, 6) is -0.216. The van der Waals surface area contributed by atoms with E-state index >= 15 is 0 Å². The highest BCUT2D eigenvalue weighted by Crippen LogP contribution is 2.23. The lowest BCUT2D eigenvalue weighted by Gasteiger charge is -2.21. The first-order valence-electron chi connectivity index (χ1n) is 8.58. The molecule has 0 aliphatic heterocycles. The van der Waals surface area contributed by atoms with E-state index in [0.717, 1.165) is 0 Å². The third-order valence-corrected chi connectivity index (χ3v) is 5.49. The summed E-state index contributed by atoms with van der Waals surface area (Å²) in [6.45, 7) is 1.92. The molecule has 0 fully saturated rings. The Morgan fingerprint density at radius 2 is 1.71 bits per heavy atom. The number of likely N-dealkylation sites (N-methyl/N-ethyl adjacent to an activating group) is 1. The van der Waals surface area contributed by atoms with Crippen molar-refractivity contribution in [2.24, 2.45) is 0 Å². The van der Waals surface area contributed by atoms with E-state index in [2.05, 4.69) is 10.0 Å². The molecular formula is C19H23N3O5S. The van der Waals surface area contributed by atoms with Gasteiger partial charge in [0.25, 0.3) is 5.91 Å². The average molecular weight is 405 g/mol. The van der Waals surface area contributed by atoms with Crippen molar-refractivity contribution >= 4 is 27.5 Å². The number of anilines is 1. The summed E-state index contributed by atoms with van der Waals surface area (Å²) in [6.07, 6.45) is 0. The van der Waals surface area contributed by atoms with Crippen LogP contribution >= 0.6 is 0 Å². The number of hydrogen-bond acceptors (Lipinski definition) is 5. The van der Waals surface area contributed by atoms with Crippen LogP contribution in [0.1, 0.15) is 17.3 Å². The first kappa shape index (κ1) is 21.4. The number of hydrogen-bond donors (Lipinski definition) is 2. The highest BCUT2D eigenvalue weighted by atomic mass is 32.2. The van der Waals surface area contributed by atoms with Gasteiger partial charge < -0.3 is 15.0 Å². The minimum atomic E-state index is -3.58. The van der Waals surface area contributed by atoms with Crippen molar-refractivity contribution in [2.75, 3.05) is 32.6 Å². The van der Waals surface area contributed by atoms with Crippen LogP contribution in [-0.4, -0.2) is 52.4 Å². The fraction of sp³-hybridized carbons (Fsp3) is 0.263. The molecular weight excluding hydrogens is 382 g/mol. The summed E-state index contributed by atoms with van der Waals surface area (Å²) in [5.41, 5.74) is 0.808. The zero-order valence-electron chi connectivity index (χ0n) is 15.9. The van der Waals surface area contributed by atoms with Crippen molar-refractivity contribution in [2.45, 2.75) is 11.8 Å². The Hall–Kier alpha value is -2.91. The Balaban J connectivity index is 2.10. The normalized spacial score (nSPS) is 11.0. The second-order valence-corrected chi connectivity index (χ2v) is 7.69. The molecule has 0 aromatic heterocycles. The van der Waals surface area contributed by atoms with Gasteiger partial charge in [-0.05, 0) is 50.4 Å². The molecule has 150 valence electrons.